The normalized spacial score (nSPS) is 19.4. The third kappa shape index (κ3) is 2.43. The molecule has 1 N–H and O–H groups in total. The maximum atomic E-state index is 12.7. The summed E-state index contributed by atoms with van der Waals surface area (Å²) in [5, 5.41) is 4.34. The Labute approximate surface area is 118 Å². The highest BCUT2D eigenvalue weighted by atomic mass is 16.3. The number of likely N-dealkylation sites (N-methyl/N-ethyl adjacent to an activating group) is 1. The van der Waals surface area contributed by atoms with Gasteiger partial charge in [0, 0.05) is 24.5 Å². The Morgan fingerprint density at radius 2 is 2.30 bits per heavy atom. The highest BCUT2D eigenvalue weighted by Crippen LogP contribution is 2.23. The first-order valence-corrected chi connectivity index (χ1v) is 7.28. The minimum Gasteiger partial charge on any atom is -0.463 e. The lowest BCUT2D eigenvalue weighted by molar-refractivity contribution is 0.0696. The minimum absolute atomic E-state index is 0.0811. The van der Waals surface area contributed by atoms with Crippen molar-refractivity contribution in [3.63, 3.8) is 0 Å². The van der Waals surface area contributed by atoms with Gasteiger partial charge in [-0.05, 0) is 25.5 Å². The van der Waals surface area contributed by atoms with Crippen LogP contribution in [-0.2, 0) is 0 Å². The molecule has 3 rings (SSSR count). The average molecular weight is 272 g/mol. The fraction of sp³-hybridized carbons (Fsp3) is 0.438. The zero-order valence-corrected chi connectivity index (χ0v) is 11.8. The van der Waals surface area contributed by atoms with Gasteiger partial charge in [0.05, 0.1) is 5.56 Å². The lowest BCUT2D eigenvalue weighted by Gasteiger charge is -2.33. The van der Waals surface area contributed by atoms with Gasteiger partial charge in [0.1, 0.15) is 11.8 Å². The Hall–Kier alpha value is -1.81. The largest absolute Gasteiger partial charge is 0.463 e. The molecule has 1 aromatic heterocycles. The second-order valence-electron chi connectivity index (χ2n) is 5.29. The predicted molar refractivity (Wildman–Crippen MR) is 78.8 cm³/mol. The molecule has 1 aromatic carbocycles. The molecular weight excluding hydrogens is 252 g/mol. The molecule has 4 nitrogen and oxygen atoms in total. The monoisotopic (exact) mass is 272 g/mol. The van der Waals surface area contributed by atoms with Crippen molar-refractivity contribution < 1.29 is 9.21 Å². The summed E-state index contributed by atoms with van der Waals surface area (Å²) in [5.41, 5.74) is 1.45. The Kier molecular flexibility index (Phi) is 3.74. The van der Waals surface area contributed by atoms with E-state index in [0.29, 0.717) is 11.6 Å². The molecule has 0 saturated carbocycles. The fourth-order valence-electron chi connectivity index (χ4n) is 2.93. The van der Waals surface area contributed by atoms with Gasteiger partial charge in [0.15, 0.2) is 0 Å². The van der Waals surface area contributed by atoms with Crippen LogP contribution < -0.4 is 5.32 Å². The molecule has 0 spiro atoms. The van der Waals surface area contributed by atoms with E-state index >= 15 is 0 Å². The quantitative estimate of drug-likeness (QED) is 0.934. The van der Waals surface area contributed by atoms with Crippen molar-refractivity contribution in [2.24, 2.45) is 0 Å². The van der Waals surface area contributed by atoms with Gasteiger partial charge in [-0.15, -0.1) is 0 Å². The number of hydrogen-bond acceptors (Lipinski definition) is 3. The number of hydrogen-bond donors (Lipinski definition) is 1. The summed E-state index contributed by atoms with van der Waals surface area (Å²) in [6, 6.07) is 8.10. The molecule has 20 heavy (non-hydrogen) atoms. The summed E-state index contributed by atoms with van der Waals surface area (Å²) >= 11 is 0. The summed E-state index contributed by atoms with van der Waals surface area (Å²) in [4.78, 5) is 14.6. The summed E-state index contributed by atoms with van der Waals surface area (Å²) in [7, 11) is 0. The number of nitrogens with zero attached hydrogens (tertiary/aromatic N) is 1. The van der Waals surface area contributed by atoms with Gasteiger partial charge in [-0.1, -0.05) is 25.1 Å². The number of carbonyl (C=O) groups excluding carboxylic acids is 1. The van der Waals surface area contributed by atoms with Crippen molar-refractivity contribution in [1.29, 1.82) is 0 Å². The van der Waals surface area contributed by atoms with Crippen molar-refractivity contribution in [3.8, 4) is 0 Å². The number of benzene rings is 1. The molecule has 0 radical (unpaired) electrons. The maximum Gasteiger partial charge on any atom is 0.257 e. The van der Waals surface area contributed by atoms with Crippen molar-refractivity contribution in [2.45, 2.75) is 25.8 Å². The molecule has 106 valence electrons. The van der Waals surface area contributed by atoms with E-state index in [1.807, 2.05) is 29.2 Å². The molecule has 4 heteroatoms. The van der Waals surface area contributed by atoms with Crippen LogP contribution in [0.1, 0.15) is 30.1 Å². The van der Waals surface area contributed by atoms with Gasteiger partial charge < -0.3 is 14.6 Å². The zero-order chi connectivity index (χ0) is 13.9. The molecule has 0 aliphatic carbocycles. The van der Waals surface area contributed by atoms with Crippen LogP contribution in [0.25, 0.3) is 11.0 Å². The van der Waals surface area contributed by atoms with Crippen LogP contribution in [0.4, 0.5) is 0 Å². The smallest absolute Gasteiger partial charge is 0.257 e. The third-order valence-corrected chi connectivity index (χ3v) is 3.91. The zero-order valence-electron chi connectivity index (χ0n) is 11.8. The van der Waals surface area contributed by atoms with E-state index in [0.717, 1.165) is 43.4 Å². The number of nitrogens with one attached hydrogen (secondary N) is 1. The van der Waals surface area contributed by atoms with E-state index in [4.69, 9.17) is 4.42 Å². The van der Waals surface area contributed by atoms with E-state index in [-0.39, 0.29) is 5.91 Å². The van der Waals surface area contributed by atoms with Gasteiger partial charge >= 0.3 is 0 Å². The highest BCUT2D eigenvalue weighted by molar-refractivity contribution is 6.05. The van der Waals surface area contributed by atoms with Crippen LogP contribution in [-0.4, -0.2) is 36.5 Å². The molecule has 1 unspecified atom stereocenters. The van der Waals surface area contributed by atoms with Crippen LogP contribution in [0.3, 0.4) is 0 Å². The van der Waals surface area contributed by atoms with Crippen molar-refractivity contribution in [2.75, 3.05) is 19.6 Å². The topological polar surface area (TPSA) is 45.5 Å². The van der Waals surface area contributed by atoms with Crippen LogP contribution >= 0.6 is 0 Å². The lowest BCUT2D eigenvalue weighted by atomic mass is 10.0. The highest BCUT2D eigenvalue weighted by Gasteiger charge is 2.25. The molecule has 2 aromatic rings. The predicted octanol–water partition coefficient (Wildman–Crippen LogP) is 2.65. The molecule has 1 aliphatic heterocycles. The summed E-state index contributed by atoms with van der Waals surface area (Å²) < 4.78 is 5.47. The van der Waals surface area contributed by atoms with Crippen LogP contribution in [0.2, 0.25) is 0 Å². The van der Waals surface area contributed by atoms with Gasteiger partial charge in [0.2, 0.25) is 0 Å². The maximum absolute atomic E-state index is 12.7. The van der Waals surface area contributed by atoms with Crippen LogP contribution in [0.15, 0.2) is 34.9 Å². The Morgan fingerprint density at radius 1 is 1.45 bits per heavy atom. The Bertz CT molecular complexity index is 603. The molecule has 1 fully saturated rings. The SMILES string of the molecule is CCNC1CCCN(C(=O)c2coc3ccccc23)C1. The summed E-state index contributed by atoms with van der Waals surface area (Å²) in [5.74, 6) is 0.0811. The number of para-hydroxylation sites is 1. The second kappa shape index (κ2) is 5.67. The first-order chi connectivity index (χ1) is 9.79. The third-order valence-electron chi connectivity index (χ3n) is 3.91. The van der Waals surface area contributed by atoms with E-state index in [1.165, 1.54) is 0 Å². The van der Waals surface area contributed by atoms with Crippen LogP contribution in [0, 0.1) is 0 Å². The van der Waals surface area contributed by atoms with Crippen molar-refractivity contribution in [1.82, 2.24) is 10.2 Å². The number of rotatable bonds is 3. The van der Waals surface area contributed by atoms with Crippen LogP contribution in [0.5, 0.6) is 0 Å². The minimum atomic E-state index is 0.0811. The number of fused-ring (bicyclic) bond motifs is 1. The van der Waals surface area contributed by atoms with E-state index in [1.54, 1.807) is 6.26 Å². The summed E-state index contributed by atoms with van der Waals surface area (Å²) in [6.45, 7) is 4.66. The number of piperidine rings is 1. The van der Waals surface area contributed by atoms with Gasteiger partial charge in [-0.25, -0.2) is 0 Å². The number of carbonyl (C=O) groups is 1. The summed E-state index contributed by atoms with van der Waals surface area (Å²) in [6.07, 6.45) is 3.78. The van der Waals surface area contributed by atoms with Gasteiger partial charge in [-0.2, -0.15) is 0 Å². The van der Waals surface area contributed by atoms with Gasteiger partial charge in [0.25, 0.3) is 5.91 Å². The average Bonchev–Trinajstić information content (AvgIpc) is 2.91. The molecule has 1 aliphatic rings. The second-order valence-corrected chi connectivity index (χ2v) is 5.29. The number of amides is 1. The molecule has 1 amide bonds. The lowest BCUT2D eigenvalue weighted by Crippen LogP contribution is -2.47. The Morgan fingerprint density at radius 3 is 3.15 bits per heavy atom. The standard InChI is InChI=1S/C16H20N2O2/c1-2-17-12-6-5-9-18(10-12)16(19)14-11-20-15-8-4-3-7-13(14)15/h3-4,7-8,11-12,17H,2,5-6,9-10H2,1H3. The number of likely N-dealkylation sites (tertiary alicyclic amines) is 1. The van der Waals surface area contributed by atoms with Gasteiger partial charge in [-0.3, -0.25) is 4.79 Å². The molecular formula is C16H20N2O2. The first-order valence-electron chi connectivity index (χ1n) is 7.28. The first kappa shape index (κ1) is 13.2. The fourth-order valence-corrected chi connectivity index (χ4v) is 2.93. The number of furan rings is 1. The molecule has 1 saturated heterocycles. The Balaban J connectivity index is 1.81. The molecule has 2 heterocycles. The van der Waals surface area contributed by atoms with E-state index in [9.17, 15) is 4.79 Å². The van der Waals surface area contributed by atoms with Crippen molar-refractivity contribution >= 4 is 16.9 Å². The van der Waals surface area contributed by atoms with Crippen molar-refractivity contribution in [3.05, 3.63) is 36.1 Å². The molecule has 1 atom stereocenters. The van der Waals surface area contributed by atoms with E-state index in [2.05, 4.69) is 12.2 Å². The molecule has 0 bridgehead atoms. The van der Waals surface area contributed by atoms with E-state index < -0.39 is 0 Å².